The van der Waals surface area contributed by atoms with E-state index in [2.05, 4.69) is 111 Å². The molecule has 3 rings (SSSR count). The van der Waals surface area contributed by atoms with Crippen molar-refractivity contribution in [1.29, 1.82) is 0 Å². The summed E-state index contributed by atoms with van der Waals surface area (Å²) in [5, 5.41) is 11.4. The molecule has 2 aromatic carbocycles. The third-order valence-electron chi connectivity index (χ3n) is 3.00. The molecule has 1 heterocycles. The van der Waals surface area contributed by atoms with Crippen LogP contribution in [0.15, 0.2) is 57.3 Å². The van der Waals surface area contributed by atoms with Crippen molar-refractivity contribution in [2.75, 3.05) is 0 Å². The van der Waals surface area contributed by atoms with Crippen molar-refractivity contribution in [3.05, 3.63) is 57.3 Å². The van der Waals surface area contributed by atoms with Crippen LogP contribution in [0.3, 0.4) is 0 Å². The van der Waals surface area contributed by atoms with E-state index in [0.717, 1.165) is 26.8 Å². The SMILES string of the molecule is Brc1ccc(Oc2cnnnc2Oc2ccc(Br)c(Br)c2Br)c(Br)c1Br. The first-order valence-electron chi connectivity index (χ1n) is 6.69. The second-order valence-corrected chi connectivity index (χ2v) is 9.54. The lowest BCUT2D eigenvalue weighted by molar-refractivity contribution is 0.390. The number of hydrogen-bond donors (Lipinski definition) is 0. The van der Waals surface area contributed by atoms with Crippen LogP contribution in [0.4, 0.5) is 0 Å². The zero-order chi connectivity index (χ0) is 18.8. The third-order valence-corrected chi connectivity index (χ3v) is 9.67. The molecule has 0 N–H and O–H groups in total. The van der Waals surface area contributed by atoms with E-state index in [1.165, 1.54) is 6.20 Å². The first-order valence-corrected chi connectivity index (χ1v) is 11.5. The molecule has 26 heavy (non-hydrogen) atoms. The van der Waals surface area contributed by atoms with Crippen molar-refractivity contribution in [1.82, 2.24) is 15.4 Å². The van der Waals surface area contributed by atoms with E-state index in [1.54, 1.807) is 12.1 Å². The van der Waals surface area contributed by atoms with Gasteiger partial charge in [-0.3, -0.25) is 0 Å². The van der Waals surface area contributed by atoms with Gasteiger partial charge in [0.15, 0.2) is 0 Å². The molecule has 134 valence electrons. The van der Waals surface area contributed by atoms with Gasteiger partial charge in [0.05, 0.1) is 15.1 Å². The molecule has 1 aromatic heterocycles. The van der Waals surface area contributed by atoms with Gasteiger partial charge >= 0.3 is 0 Å². The Morgan fingerprint density at radius 2 is 1.15 bits per heavy atom. The van der Waals surface area contributed by atoms with Crippen LogP contribution in [0, 0.1) is 0 Å². The van der Waals surface area contributed by atoms with Crippen LogP contribution >= 0.6 is 95.6 Å². The second-order valence-electron chi connectivity index (χ2n) is 4.65. The lowest BCUT2D eigenvalue weighted by atomic mass is 10.3. The zero-order valence-electron chi connectivity index (χ0n) is 12.3. The van der Waals surface area contributed by atoms with Gasteiger partial charge in [0.25, 0.3) is 5.88 Å². The van der Waals surface area contributed by atoms with Crippen LogP contribution in [0.25, 0.3) is 0 Å². The van der Waals surface area contributed by atoms with Gasteiger partial charge in [0, 0.05) is 17.9 Å². The smallest absolute Gasteiger partial charge is 0.285 e. The summed E-state index contributed by atoms with van der Waals surface area (Å²) < 4.78 is 16.7. The number of hydrogen-bond acceptors (Lipinski definition) is 5. The van der Waals surface area contributed by atoms with Crippen LogP contribution in [0.5, 0.6) is 23.1 Å². The van der Waals surface area contributed by atoms with Gasteiger partial charge < -0.3 is 9.47 Å². The average Bonchev–Trinajstić information content (AvgIpc) is 2.64. The molecule has 0 amide bonds. The summed E-state index contributed by atoms with van der Waals surface area (Å²) in [5.41, 5.74) is 0. The topological polar surface area (TPSA) is 57.1 Å². The Morgan fingerprint density at radius 1 is 0.615 bits per heavy atom. The highest BCUT2D eigenvalue weighted by Gasteiger charge is 2.17. The van der Waals surface area contributed by atoms with E-state index in [1.807, 2.05) is 12.1 Å². The maximum atomic E-state index is 5.92. The van der Waals surface area contributed by atoms with Crippen molar-refractivity contribution in [2.45, 2.75) is 0 Å². The normalized spacial score (nSPS) is 10.7. The molecular formula is C15H5Br6N3O2. The third kappa shape index (κ3) is 4.49. The molecule has 0 saturated carbocycles. The van der Waals surface area contributed by atoms with E-state index in [-0.39, 0.29) is 5.88 Å². The minimum absolute atomic E-state index is 0.181. The molecule has 0 bridgehead atoms. The van der Waals surface area contributed by atoms with Crippen LogP contribution < -0.4 is 9.47 Å². The van der Waals surface area contributed by atoms with Crippen molar-refractivity contribution in [3.63, 3.8) is 0 Å². The van der Waals surface area contributed by atoms with Crippen LogP contribution in [-0.2, 0) is 0 Å². The predicted molar refractivity (Wildman–Crippen MR) is 119 cm³/mol. The number of aromatic nitrogens is 3. The summed E-state index contributed by atoms with van der Waals surface area (Å²) >= 11 is 20.8. The van der Waals surface area contributed by atoms with Gasteiger partial charge in [-0.2, -0.15) is 0 Å². The van der Waals surface area contributed by atoms with Gasteiger partial charge in [-0.05, 0) is 125 Å². The molecule has 0 unspecified atom stereocenters. The molecule has 0 atom stereocenters. The molecule has 5 nitrogen and oxygen atoms in total. The van der Waals surface area contributed by atoms with Gasteiger partial charge in [-0.1, -0.05) is 5.10 Å². The summed E-state index contributed by atoms with van der Waals surface area (Å²) in [6, 6.07) is 7.29. The lowest BCUT2D eigenvalue weighted by Gasteiger charge is -2.13. The Labute approximate surface area is 199 Å². The van der Waals surface area contributed by atoms with E-state index in [0.29, 0.717) is 17.2 Å². The molecule has 0 radical (unpaired) electrons. The van der Waals surface area contributed by atoms with E-state index < -0.39 is 0 Å². The Hall–Kier alpha value is -0.0700. The molecule has 0 spiro atoms. The maximum Gasteiger partial charge on any atom is 0.285 e. The van der Waals surface area contributed by atoms with Crippen molar-refractivity contribution < 1.29 is 9.47 Å². The molecular weight excluding hydrogens is 734 g/mol. The van der Waals surface area contributed by atoms with Crippen molar-refractivity contribution in [3.8, 4) is 23.1 Å². The molecule has 0 aliphatic rings. The predicted octanol–water partition coefficient (Wildman–Crippen LogP) is 8.03. The van der Waals surface area contributed by atoms with E-state index >= 15 is 0 Å². The highest BCUT2D eigenvalue weighted by molar-refractivity contribution is 9.15. The Balaban J connectivity index is 1.95. The first-order chi connectivity index (χ1) is 12.4. The molecule has 0 fully saturated rings. The fraction of sp³-hybridized carbons (Fsp3) is 0. The number of ether oxygens (including phenoxy) is 2. The van der Waals surface area contributed by atoms with Crippen LogP contribution in [-0.4, -0.2) is 15.4 Å². The van der Waals surface area contributed by atoms with Gasteiger partial charge in [0.1, 0.15) is 11.5 Å². The number of benzene rings is 2. The van der Waals surface area contributed by atoms with Gasteiger partial charge in [-0.25, -0.2) is 0 Å². The minimum Gasteiger partial charge on any atom is -0.449 e. The first kappa shape index (κ1) is 20.7. The maximum absolute atomic E-state index is 5.92. The van der Waals surface area contributed by atoms with Crippen LogP contribution in [0.1, 0.15) is 0 Å². The monoisotopic (exact) mass is 733 g/mol. The lowest BCUT2D eigenvalue weighted by Crippen LogP contribution is -1.98. The standard InChI is InChI=1S/C15H5Br6N3O2/c16-6-1-3-8(13(20)11(6)18)25-10-5-22-24-23-15(10)26-9-4-2-7(17)12(19)14(9)21/h1-5H. The molecule has 0 aliphatic carbocycles. The number of halogens is 6. The van der Waals surface area contributed by atoms with Crippen LogP contribution in [0.2, 0.25) is 0 Å². The van der Waals surface area contributed by atoms with Crippen molar-refractivity contribution in [2.24, 2.45) is 0 Å². The van der Waals surface area contributed by atoms with Crippen molar-refractivity contribution >= 4 is 95.6 Å². The Bertz CT molecular complexity index is 907. The summed E-state index contributed by atoms with van der Waals surface area (Å²) in [6.07, 6.45) is 1.44. The summed E-state index contributed by atoms with van der Waals surface area (Å²) in [7, 11) is 0. The molecule has 3 aromatic rings. The summed E-state index contributed by atoms with van der Waals surface area (Å²) in [6.45, 7) is 0. The highest BCUT2D eigenvalue weighted by atomic mass is 79.9. The molecule has 0 aliphatic heterocycles. The number of rotatable bonds is 4. The van der Waals surface area contributed by atoms with Gasteiger partial charge in [0.2, 0.25) is 5.75 Å². The number of nitrogens with zero attached hydrogens (tertiary/aromatic N) is 3. The van der Waals surface area contributed by atoms with E-state index in [9.17, 15) is 0 Å². The fourth-order valence-electron chi connectivity index (χ4n) is 1.79. The highest BCUT2D eigenvalue weighted by Crippen LogP contribution is 2.43. The Kier molecular flexibility index (Phi) is 7.11. The Morgan fingerprint density at radius 3 is 1.73 bits per heavy atom. The second kappa shape index (κ2) is 8.95. The fourth-order valence-corrected chi connectivity index (χ4v) is 4.49. The molecule has 0 saturated heterocycles. The molecule has 11 heteroatoms. The minimum atomic E-state index is 0.181. The summed E-state index contributed by atoms with van der Waals surface area (Å²) in [4.78, 5) is 0. The summed E-state index contributed by atoms with van der Waals surface area (Å²) in [5.74, 6) is 1.61. The largest absolute Gasteiger partial charge is 0.449 e. The zero-order valence-corrected chi connectivity index (χ0v) is 21.8. The quantitative estimate of drug-likeness (QED) is 0.254. The van der Waals surface area contributed by atoms with Gasteiger partial charge in [-0.15, -0.1) is 5.10 Å². The average molecular weight is 739 g/mol. The van der Waals surface area contributed by atoms with E-state index in [4.69, 9.17) is 9.47 Å².